The average molecular weight is 254 g/mol. The molecule has 0 heterocycles. The highest BCUT2D eigenvalue weighted by Crippen LogP contribution is 2.48. The number of carboxylic acid groups (broad SMARTS) is 1. The van der Waals surface area contributed by atoms with Crippen LogP contribution in [0, 0.1) is 11.3 Å². The molecule has 2 saturated carbocycles. The highest BCUT2D eigenvalue weighted by atomic mass is 16.4. The fourth-order valence-corrected chi connectivity index (χ4v) is 3.94. The lowest BCUT2D eigenvalue weighted by molar-refractivity contribution is -0.157. The molecule has 18 heavy (non-hydrogen) atoms. The zero-order chi connectivity index (χ0) is 13.2. The van der Waals surface area contributed by atoms with Gasteiger partial charge in [-0.05, 0) is 50.9 Å². The van der Waals surface area contributed by atoms with Gasteiger partial charge < -0.3 is 10.2 Å². The maximum Gasteiger partial charge on any atom is 0.309 e. The van der Waals surface area contributed by atoms with E-state index in [9.17, 15) is 15.0 Å². The van der Waals surface area contributed by atoms with E-state index in [0.717, 1.165) is 57.8 Å². The molecule has 2 aliphatic rings. The normalized spacial score (nSPS) is 35.6. The Morgan fingerprint density at radius 3 is 2.17 bits per heavy atom. The van der Waals surface area contributed by atoms with Gasteiger partial charge in [0.05, 0.1) is 11.0 Å². The number of aliphatic hydroxyl groups is 1. The Labute approximate surface area is 110 Å². The Morgan fingerprint density at radius 2 is 1.72 bits per heavy atom. The summed E-state index contributed by atoms with van der Waals surface area (Å²) in [7, 11) is 0. The van der Waals surface area contributed by atoms with Crippen molar-refractivity contribution in [3.63, 3.8) is 0 Å². The van der Waals surface area contributed by atoms with Crippen LogP contribution in [0.15, 0.2) is 0 Å². The Balaban J connectivity index is 2.06. The SMILES string of the molecule is CCC1CCC(CC2(O)CCCC2)(C(=O)O)CC1. The first-order valence-electron chi connectivity index (χ1n) is 7.45. The van der Waals surface area contributed by atoms with Gasteiger partial charge in [0.25, 0.3) is 0 Å². The largest absolute Gasteiger partial charge is 0.481 e. The molecule has 3 heteroatoms. The van der Waals surface area contributed by atoms with E-state index in [4.69, 9.17) is 0 Å². The molecule has 0 bridgehead atoms. The number of carboxylic acids is 1. The van der Waals surface area contributed by atoms with Crippen LogP contribution in [0.2, 0.25) is 0 Å². The summed E-state index contributed by atoms with van der Waals surface area (Å²) in [5.41, 5.74) is -1.35. The average Bonchev–Trinajstić information content (AvgIpc) is 2.76. The lowest BCUT2D eigenvalue weighted by Crippen LogP contribution is -2.42. The molecule has 2 N–H and O–H groups in total. The fraction of sp³-hybridized carbons (Fsp3) is 0.933. The highest BCUT2D eigenvalue weighted by molar-refractivity contribution is 5.75. The third-order valence-electron chi connectivity index (χ3n) is 5.30. The van der Waals surface area contributed by atoms with Gasteiger partial charge in [0.15, 0.2) is 0 Å². The smallest absolute Gasteiger partial charge is 0.309 e. The maximum atomic E-state index is 11.7. The van der Waals surface area contributed by atoms with E-state index in [-0.39, 0.29) is 0 Å². The van der Waals surface area contributed by atoms with Crippen LogP contribution in [0.1, 0.15) is 71.1 Å². The second-order valence-corrected chi connectivity index (χ2v) is 6.55. The zero-order valence-corrected chi connectivity index (χ0v) is 11.5. The first kappa shape index (κ1) is 13.9. The van der Waals surface area contributed by atoms with Crippen LogP contribution < -0.4 is 0 Å². The first-order valence-corrected chi connectivity index (χ1v) is 7.45. The molecule has 0 amide bonds. The van der Waals surface area contributed by atoms with Gasteiger partial charge in [0.1, 0.15) is 0 Å². The van der Waals surface area contributed by atoms with Gasteiger partial charge in [-0.2, -0.15) is 0 Å². The molecule has 0 spiro atoms. The minimum absolute atomic E-state index is 0.478. The number of carbonyl (C=O) groups is 1. The molecule has 3 nitrogen and oxygen atoms in total. The molecule has 0 atom stereocenters. The summed E-state index contributed by atoms with van der Waals surface area (Å²) in [5.74, 6) is 0.00748. The minimum atomic E-state index is -0.697. The summed E-state index contributed by atoms with van der Waals surface area (Å²) in [4.78, 5) is 11.7. The van der Waals surface area contributed by atoms with Crippen molar-refractivity contribution in [1.82, 2.24) is 0 Å². The van der Waals surface area contributed by atoms with E-state index in [0.29, 0.717) is 12.3 Å². The van der Waals surface area contributed by atoms with Gasteiger partial charge in [-0.1, -0.05) is 26.2 Å². The van der Waals surface area contributed by atoms with Crippen LogP contribution >= 0.6 is 0 Å². The van der Waals surface area contributed by atoms with Gasteiger partial charge >= 0.3 is 5.97 Å². The summed E-state index contributed by atoms with van der Waals surface area (Å²) >= 11 is 0. The Hall–Kier alpha value is -0.570. The van der Waals surface area contributed by atoms with Crippen molar-refractivity contribution >= 4 is 5.97 Å². The van der Waals surface area contributed by atoms with Crippen molar-refractivity contribution in [1.29, 1.82) is 0 Å². The summed E-state index contributed by atoms with van der Waals surface area (Å²) in [6, 6.07) is 0. The Bertz CT molecular complexity index is 297. The molecule has 0 aromatic heterocycles. The highest BCUT2D eigenvalue weighted by Gasteiger charge is 2.48. The van der Waals surface area contributed by atoms with Crippen molar-refractivity contribution < 1.29 is 15.0 Å². The first-order chi connectivity index (χ1) is 8.50. The summed E-state index contributed by atoms with van der Waals surface area (Å²) < 4.78 is 0. The number of hydrogen-bond donors (Lipinski definition) is 2. The van der Waals surface area contributed by atoms with E-state index in [1.165, 1.54) is 0 Å². The standard InChI is InChI=1S/C15H26O3/c1-2-12-5-9-14(10-6-12,13(16)17)11-15(18)7-3-4-8-15/h12,18H,2-11H2,1H3,(H,16,17). The van der Waals surface area contributed by atoms with E-state index in [1.54, 1.807) is 0 Å². The Morgan fingerprint density at radius 1 is 1.17 bits per heavy atom. The predicted octanol–water partition coefficient (Wildman–Crippen LogP) is 3.35. The molecule has 0 aromatic rings. The molecule has 0 radical (unpaired) electrons. The third-order valence-corrected chi connectivity index (χ3v) is 5.30. The second kappa shape index (κ2) is 5.20. The third kappa shape index (κ3) is 2.71. The minimum Gasteiger partial charge on any atom is -0.481 e. The van der Waals surface area contributed by atoms with Gasteiger partial charge in [-0.25, -0.2) is 0 Å². The molecule has 0 aliphatic heterocycles. The molecule has 2 rings (SSSR count). The molecule has 0 aromatic carbocycles. The zero-order valence-electron chi connectivity index (χ0n) is 11.5. The van der Waals surface area contributed by atoms with Crippen LogP contribution in [-0.2, 0) is 4.79 Å². The molecule has 0 unspecified atom stereocenters. The van der Waals surface area contributed by atoms with E-state index in [1.807, 2.05) is 0 Å². The predicted molar refractivity (Wildman–Crippen MR) is 70.4 cm³/mol. The van der Waals surface area contributed by atoms with E-state index in [2.05, 4.69) is 6.92 Å². The number of aliphatic carboxylic acids is 1. The van der Waals surface area contributed by atoms with Crippen LogP contribution in [0.3, 0.4) is 0 Å². The van der Waals surface area contributed by atoms with Crippen molar-refractivity contribution in [3.05, 3.63) is 0 Å². The molecule has 0 saturated heterocycles. The summed E-state index contributed by atoms with van der Waals surface area (Å²) in [6.07, 6.45) is 8.84. The van der Waals surface area contributed by atoms with Crippen LogP contribution in [-0.4, -0.2) is 21.8 Å². The van der Waals surface area contributed by atoms with Gasteiger partial charge in [0.2, 0.25) is 0 Å². The van der Waals surface area contributed by atoms with Crippen molar-refractivity contribution in [2.24, 2.45) is 11.3 Å². The van der Waals surface area contributed by atoms with Crippen LogP contribution in [0.4, 0.5) is 0 Å². The maximum absolute atomic E-state index is 11.7. The quantitative estimate of drug-likeness (QED) is 0.809. The van der Waals surface area contributed by atoms with Crippen molar-refractivity contribution in [3.8, 4) is 0 Å². The van der Waals surface area contributed by atoms with Gasteiger partial charge in [-0.3, -0.25) is 4.79 Å². The van der Waals surface area contributed by atoms with E-state index < -0.39 is 17.0 Å². The van der Waals surface area contributed by atoms with Gasteiger partial charge in [0, 0.05) is 0 Å². The van der Waals surface area contributed by atoms with Gasteiger partial charge in [-0.15, -0.1) is 0 Å². The van der Waals surface area contributed by atoms with E-state index >= 15 is 0 Å². The monoisotopic (exact) mass is 254 g/mol. The Kier molecular flexibility index (Phi) is 4.00. The lowest BCUT2D eigenvalue weighted by atomic mass is 9.65. The second-order valence-electron chi connectivity index (χ2n) is 6.55. The molecular formula is C15H26O3. The molecule has 2 aliphatic carbocycles. The van der Waals surface area contributed by atoms with Crippen LogP contribution in [0.5, 0.6) is 0 Å². The number of hydrogen-bond acceptors (Lipinski definition) is 2. The topological polar surface area (TPSA) is 57.5 Å². The van der Waals surface area contributed by atoms with Crippen molar-refractivity contribution in [2.75, 3.05) is 0 Å². The number of rotatable bonds is 4. The summed E-state index contributed by atoms with van der Waals surface area (Å²) in [6.45, 7) is 2.18. The lowest BCUT2D eigenvalue weighted by Gasteiger charge is -2.41. The summed E-state index contributed by atoms with van der Waals surface area (Å²) in [5, 5.41) is 20.1. The molecule has 2 fully saturated rings. The van der Waals surface area contributed by atoms with Crippen molar-refractivity contribution in [2.45, 2.75) is 76.7 Å². The molecule has 104 valence electrons. The fourth-order valence-electron chi connectivity index (χ4n) is 3.94. The molecular weight excluding hydrogens is 228 g/mol. The van der Waals surface area contributed by atoms with Crippen LogP contribution in [0.25, 0.3) is 0 Å².